The summed E-state index contributed by atoms with van der Waals surface area (Å²) in [4.78, 5) is 15.0. The summed E-state index contributed by atoms with van der Waals surface area (Å²) < 4.78 is 2.60. The van der Waals surface area contributed by atoms with E-state index in [-0.39, 0.29) is 5.69 Å². The van der Waals surface area contributed by atoms with Crippen LogP contribution in [0.2, 0.25) is 0 Å². The molecular weight excluding hydrogens is 284 g/mol. The van der Waals surface area contributed by atoms with Gasteiger partial charge in [0.15, 0.2) is 0 Å². The van der Waals surface area contributed by atoms with Crippen LogP contribution >= 0.6 is 15.9 Å². The minimum absolute atomic E-state index is 0.204. The summed E-state index contributed by atoms with van der Waals surface area (Å²) in [7, 11) is 1.71. The van der Waals surface area contributed by atoms with Crippen LogP contribution in [0.15, 0.2) is 34.9 Å². The van der Waals surface area contributed by atoms with Gasteiger partial charge in [-0.3, -0.25) is 0 Å². The molecule has 1 N–H and O–H groups in total. The van der Waals surface area contributed by atoms with Crippen LogP contribution in [0.5, 0.6) is 0 Å². The molecule has 0 bridgehead atoms. The Kier molecular flexibility index (Phi) is 3.28. The Balaban J connectivity index is 2.28. The van der Waals surface area contributed by atoms with E-state index in [0.717, 1.165) is 15.9 Å². The summed E-state index contributed by atoms with van der Waals surface area (Å²) in [6.07, 6.45) is 2.00. The molecule has 0 aliphatic heterocycles. The molecule has 2 rings (SSSR count). The third-order valence-electron chi connectivity index (χ3n) is 2.55. The number of carboxylic acid groups (broad SMARTS) is 1. The van der Waals surface area contributed by atoms with Crippen molar-refractivity contribution in [3.8, 4) is 0 Å². The van der Waals surface area contributed by atoms with E-state index in [2.05, 4.69) is 20.9 Å². The monoisotopic (exact) mass is 294 g/mol. The quantitative estimate of drug-likeness (QED) is 0.946. The Hall–Kier alpha value is -1.62. The second kappa shape index (κ2) is 4.71. The predicted molar refractivity (Wildman–Crippen MR) is 67.1 cm³/mol. The molecule has 1 aromatic carbocycles. The van der Waals surface area contributed by atoms with Crippen LogP contribution in [-0.2, 0) is 13.5 Å². The first-order chi connectivity index (χ1) is 8.08. The van der Waals surface area contributed by atoms with Crippen LogP contribution in [0.1, 0.15) is 21.9 Å². The highest BCUT2D eigenvalue weighted by atomic mass is 79.9. The Morgan fingerprint density at radius 3 is 2.88 bits per heavy atom. The molecule has 5 heteroatoms. The SMILES string of the molecule is Cn1c(C(=O)O)cnc1Cc1cccc(Br)c1. The van der Waals surface area contributed by atoms with Gasteiger partial charge in [0.05, 0.1) is 6.20 Å². The highest BCUT2D eigenvalue weighted by molar-refractivity contribution is 9.10. The van der Waals surface area contributed by atoms with E-state index < -0.39 is 5.97 Å². The third-order valence-corrected chi connectivity index (χ3v) is 3.05. The molecule has 2 aromatic rings. The van der Waals surface area contributed by atoms with Crippen molar-refractivity contribution in [2.75, 3.05) is 0 Å². The van der Waals surface area contributed by atoms with Gasteiger partial charge in [0.2, 0.25) is 0 Å². The summed E-state index contributed by atoms with van der Waals surface area (Å²) in [5, 5.41) is 8.92. The zero-order valence-electron chi connectivity index (χ0n) is 9.22. The molecular formula is C12H11BrN2O2. The number of carbonyl (C=O) groups is 1. The molecule has 0 saturated carbocycles. The predicted octanol–water partition coefficient (Wildman–Crippen LogP) is 2.47. The van der Waals surface area contributed by atoms with Crippen molar-refractivity contribution >= 4 is 21.9 Å². The fraction of sp³-hybridized carbons (Fsp3) is 0.167. The maximum absolute atomic E-state index is 10.9. The molecule has 17 heavy (non-hydrogen) atoms. The van der Waals surface area contributed by atoms with Crippen molar-refractivity contribution in [1.82, 2.24) is 9.55 Å². The second-order valence-corrected chi connectivity index (χ2v) is 4.65. The third kappa shape index (κ3) is 2.55. The standard InChI is InChI=1S/C12H11BrN2O2/c1-15-10(12(16)17)7-14-11(15)6-8-3-2-4-9(13)5-8/h2-5,7H,6H2,1H3,(H,16,17). The number of hydrogen-bond donors (Lipinski definition) is 1. The number of hydrogen-bond acceptors (Lipinski definition) is 2. The van der Waals surface area contributed by atoms with Gasteiger partial charge in [0, 0.05) is 17.9 Å². The van der Waals surface area contributed by atoms with Gasteiger partial charge in [-0.2, -0.15) is 0 Å². The van der Waals surface area contributed by atoms with Crippen molar-refractivity contribution in [3.05, 3.63) is 52.0 Å². The van der Waals surface area contributed by atoms with Crippen LogP contribution in [-0.4, -0.2) is 20.6 Å². The van der Waals surface area contributed by atoms with Crippen LogP contribution in [0, 0.1) is 0 Å². The number of carboxylic acids is 1. The molecule has 4 nitrogen and oxygen atoms in total. The number of halogens is 1. The number of imidazole rings is 1. The number of aromatic carboxylic acids is 1. The van der Waals surface area contributed by atoms with Gasteiger partial charge in [0.25, 0.3) is 0 Å². The first-order valence-electron chi connectivity index (χ1n) is 5.06. The number of benzene rings is 1. The first kappa shape index (κ1) is 11.9. The smallest absolute Gasteiger partial charge is 0.354 e. The van der Waals surface area contributed by atoms with Crippen molar-refractivity contribution < 1.29 is 9.90 Å². The van der Waals surface area contributed by atoms with Crippen LogP contribution < -0.4 is 0 Å². The highest BCUT2D eigenvalue weighted by Gasteiger charge is 2.12. The van der Waals surface area contributed by atoms with Gasteiger partial charge in [0.1, 0.15) is 11.5 Å². The molecule has 0 unspecified atom stereocenters. The largest absolute Gasteiger partial charge is 0.477 e. The topological polar surface area (TPSA) is 55.1 Å². The molecule has 0 radical (unpaired) electrons. The number of aromatic nitrogens is 2. The second-order valence-electron chi connectivity index (χ2n) is 3.73. The maximum Gasteiger partial charge on any atom is 0.354 e. The van der Waals surface area contributed by atoms with Gasteiger partial charge in [-0.1, -0.05) is 28.1 Å². The van der Waals surface area contributed by atoms with Gasteiger partial charge >= 0.3 is 5.97 Å². The van der Waals surface area contributed by atoms with Gasteiger partial charge in [-0.15, -0.1) is 0 Å². The van der Waals surface area contributed by atoms with Gasteiger partial charge in [-0.25, -0.2) is 9.78 Å². The molecule has 88 valence electrons. The van der Waals surface area contributed by atoms with E-state index in [1.165, 1.54) is 6.20 Å². The maximum atomic E-state index is 10.9. The van der Waals surface area contributed by atoms with E-state index >= 15 is 0 Å². The molecule has 0 atom stereocenters. The van der Waals surface area contributed by atoms with Gasteiger partial charge < -0.3 is 9.67 Å². The summed E-state index contributed by atoms with van der Waals surface area (Å²) in [6, 6.07) is 7.88. The lowest BCUT2D eigenvalue weighted by Crippen LogP contribution is -2.07. The zero-order chi connectivity index (χ0) is 12.4. The number of nitrogens with zero attached hydrogens (tertiary/aromatic N) is 2. The van der Waals surface area contributed by atoms with Gasteiger partial charge in [-0.05, 0) is 17.7 Å². The molecule has 0 spiro atoms. The average Bonchev–Trinajstić information content (AvgIpc) is 2.61. The van der Waals surface area contributed by atoms with E-state index in [1.54, 1.807) is 11.6 Å². The molecule has 0 fully saturated rings. The van der Waals surface area contributed by atoms with Crippen molar-refractivity contribution in [1.29, 1.82) is 0 Å². The van der Waals surface area contributed by atoms with E-state index in [4.69, 9.17) is 5.11 Å². The molecule has 0 aliphatic carbocycles. The fourth-order valence-corrected chi connectivity index (χ4v) is 2.09. The lowest BCUT2D eigenvalue weighted by Gasteiger charge is -2.04. The van der Waals surface area contributed by atoms with Crippen molar-refractivity contribution in [2.45, 2.75) is 6.42 Å². The minimum atomic E-state index is -0.958. The Bertz CT molecular complexity index is 563. The Morgan fingerprint density at radius 1 is 1.53 bits per heavy atom. The summed E-state index contributed by atoms with van der Waals surface area (Å²) in [5.41, 5.74) is 1.29. The lowest BCUT2D eigenvalue weighted by atomic mass is 10.1. The van der Waals surface area contributed by atoms with Crippen LogP contribution in [0.3, 0.4) is 0 Å². The molecule has 0 aliphatic rings. The number of rotatable bonds is 3. The molecule has 0 saturated heterocycles. The van der Waals surface area contributed by atoms with Crippen LogP contribution in [0.25, 0.3) is 0 Å². The average molecular weight is 295 g/mol. The van der Waals surface area contributed by atoms with E-state index in [0.29, 0.717) is 6.42 Å². The fourth-order valence-electron chi connectivity index (χ4n) is 1.64. The Labute approximate surface area is 107 Å². The first-order valence-corrected chi connectivity index (χ1v) is 5.85. The Morgan fingerprint density at radius 2 is 2.29 bits per heavy atom. The van der Waals surface area contributed by atoms with Crippen molar-refractivity contribution in [3.63, 3.8) is 0 Å². The summed E-state index contributed by atoms with van der Waals surface area (Å²) >= 11 is 3.40. The molecule has 1 aromatic heterocycles. The van der Waals surface area contributed by atoms with E-state index in [1.807, 2.05) is 24.3 Å². The van der Waals surface area contributed by atoms with Crippen LogP contribution in [0.4, 0.5) is 0 Å². The summed E-state index contributed by atoms with van der Waals surface area (Å²) in [5.74, 6) is -0.221. The normalized spacial score (nSPS) is 10.5. The minimum Gasteiger partial charge on any atom is -0.477 e. The highest BCUT2D eigenvalue weighted by Crippen LogP contribution is 2.15. The molecule has 0 amide bonds. The summed E-state index contributed by atoms with van der Waals surface area (Å²) in [6.45, 7) is 0. The lowest BCUT2D eigenvalue weighted by molar-refractivity contribution is 0.0686. The molecule has 1 heterocycles. The van der Waals surface area contributed by atoms with Crippen molar-refractivity contribution in [2.24, 2.45) is 7.05 Å². The zero-order valence-corrected chi connectivity index (χ0v) is 10.8. The van der Waals surface area contributed by atoms with E-state index in [9.17, 15) is 4.79 Å².